The average Bonchev–Trinajstić information content (AvgIpc) is 2.49. The highest BCUT2D eigenvalue weighted by Gasteiger charge is 2.30. The van der Waals surface area contributed by atoms with Crippen LogP contribution in [0.5, 0.6) is 0 Å². The number of halogens is 1. The summed E-state index contributed by atoms with van der Waals surface area (Å²) in [7, 11) is -1.77. The van der Waals surface area contributed by atoms with Gasteiger partial charge in [0.1, 0.15) is 0 Å². The largest absolute Gasteiger partial charge is 0.326 e. The monoisotopic (exact) mass is 374 g/mol. The van der Waals surface area contributed by atoms with E-state index in [1.54, 1.807) is 17.4 Å². The molecule has 6 heteroatoms. The van der Waals surface area contributed by atoms with Gasteiger partial charge in [0.2, 0.25) is 10.0 Å². The molecule has 0 amide bonds. The summed E-state index contributed by atoms with van der Waals surface area (Å²) in [6, 6.07) is 3.70. The van der Waals surface area contributed by atoms with Crippen LogP contribution in [0.25, 0.3) is 0 Å². The summed E-state index contributed by atoms with van der Waals surface area (Å²) >= 11 is 3.44. The summed E-state index contributed by atoms with van der Waals surface area (Å²) in [5.74, 6) is 0. The Morgan fingerprint density at radius 3 is 2.48 bits per heavy atom. The summed E-state index contributed by atoms with van der Waals surface area (Å²) in [5.41, 5.74) is 7.24. The second kappa shape index (κ2) is 6.77. The topological polar surface area (TPSA) is 63.4 Å². The van der Waals surface area contributed by atoms with Crippen LogP contribution >= 0.6 is 15.9 Å². The van der Waals surface area contributed by atoms with E-state index in [4.69, 9.17) is 5.73 Å². The molecule has 0 heterocycles. The first-order valence-corrected chi connectivity index (χ1v) is 9.58. The van der Waals surface area contributed by atoms with Crippen LogP contribution < -0.4 is 5.73 Å². The van der Waals surface area contributed by atoms with Gasteiger partial charge in [0.05, 0.1) is 4.90 Å². The molecule has 1 aliphatic carbocycles. The molecule has 1 saturated carbocycles. The van der Waals surface area contributed by atoms with E-state index in [9.17, 15) is 8.42 Å². The van der Waals surface area contributed by atoms with Gasteiger partial charge < -0.3 is 5.73 Å². The van der Waals surface area contributed by atoms with Crippen molar-refractivity contribution >= 4 is 26.0 Å². The van der Waals surface area contributed by atoms with Gasteiger partial charge >= 0.3 is 0 Å². The van der Waals surface area contributed by atoms with Gasteiger partial charge in [-0.1, -0.05) is 35.2 Å². The predicted molar refractivity (Wildman–Crippen MR) is 88.6 cm³/mol. The molecule has 0 bridgehead atoms. The number of sulfonamides is 1. The van der Waals surface area contributed by atoms with Crippen molar-refractivity contribution in [3.8, 4) is 0 Å². The molecule has 0 unspecified atom stereocenters. The zero-order valence-electron chi connectivity index (χ0n) is 12.6. The Balaban J connectivity index is 2.40. The maximum absolute atomic E-state index is 12.9. The lowest BCUT2D eigenvalue weighted by Gasteiger charge is -2.31. The first-order chi connectivity index (χ1) is 9.87. The van der Waals surface area contributed by atoms with E-state index in [1.165, 1.54) is 6.42 Å². The third kappa shape index (κ3) is 3.50. The molecule has 0 atom stereocenters. The Morgan fingerprint density at radius 1 is 1.29 bits per heavy atom. The van der Waals surface area contributed by atoms with Crippen LogP contribution in [0.4, 0.5) is 0 Å². The molecule has 2 rings (SSSR count). The summed E-state index contributed by atoms with van der Waals surface area (Å²) in [4.78, 5) is 0.366. The second-order valence-electron chi connectivity index (χ2n) is 5.72. The molecular formula is C15H23BrN2O2S. The molecular weight excluding hydrogens is 352 g/mol. The van der Waals surface area contributed by atoms with E-state index < -0.39 is 10.0 Å². The SMILES string of the molecule is Cc1c(Br)cc(CN)cc1S(=O)(=O)N(C)C1CCCCC1. The van der Waals surface area contributed by atoms with E-state index in [-0.39, 0.29) is 6.04 Å². The van der Waals surface area contributed by atoms with E-state index in [2.05, 4.69) is 15.9 Å². The van der Waals surface area contributed by atoms with Gasteiger partial charge in [-0.15, -0.1) is 0 Å². The second-order valence-corrected chi connectivity index (χ2v) is 8.54. The number of benzene rings is 1. The summed E-state index contributed by atoms with van der Waals surface area (Å²) in [6.07, 6.45) is 5.32. The maximum Gasteiger partial charge on any atom is 0.243 e. The van der Waals surface area contributed by atoms with E-state index in [1.807, 2.05) is 13.0 Å². The Bertz CT molecular complexity index is 610. The molecule has 1 fully saturated rings. The lowest BCUT2D eigenvalue weighted by Crippen LogP contribution is -2.38. The molecule has 4 nitrogen and oxygen atoms in total. The fourth-order valence-electron chi connectivity index (χ4n) is 2.89. The molecule has 1 aromatic carbocycles. The predicted octanol–water partition coefficient (Wildman–Crippen LogP) is 3.17. The third-order valence-electron chi connectivity index (χ3n) is 4.34. The van der Waals surface area contributed by atoms with Crippen molar-refractivity contribution < 1.29 is 8.42 Å². The number of rotatable bonds is 4. The van der Waals surface area contributed by atoms with Crippen molar-refractivity contribution in [2.45, 2.75) is 56.5 Å². The van der Waals surface area contributed by atoms with Gasteiger partial charge in [-0.3, -0.25) is 0 Å². The standard InChI is InChI=1S/C15H23BrN2O2S/c1-11-14(16)8-12(10-17)9-15(11)21(19,20)18(2)13-6-4-3-5-7-13/h8-9,13H,3-7,10,17H2,1-2H3. The fourth-order valence-corrected chi connectivity index (χ4v) is 5.24. The first kappa shape index (κ1) is 16.9. The van der Waals surface area contributed by atoms with Crippen LogP contribution in [0.3, 0.4) is 0 Å². The summed E-state index contributed by atoms with van der Waals surface area (Å²) < 4.78 is 28.2. The van der Waals surface area contributed by atoms with Crippen LogP contribution in [0.15, 0.2) is 21.5 Å². The molecule has 0 saturated heterocycles. The highest BCUT2D eigenvalue weighted by molar-refractivity contribution is 9.10. The number of hydrogen-bond acceptors (Lipinski definition) is 3. The Morgan fingerprint density at radius 2 is 1.90 bits per heavy atom. The van der Waals surface area contributed by atoms with E-state index in [0.717, 1.165) is 41.3 Å². The Labute approximate surface area is 135 Å². The number of nitrogens with zero attached hydrogens (tertiary/aromatic N) is 1. The molecule has 2 N–H and O–H groups in total. The van der Waals surface area contributed by atoms with Gasteiger partial charge in [-0.2, -0.15) is 4.31 Å². The van der Waals surface area contributed by atoms with Crippen LogP contribution in [-0.2, 0) is 16.6 Å². The Kier molecular flexibility index (Phi) is 5.46. The molecule has 0 aromatic heterocycles. The quantitative estimate of drug-likeness (QED) is 0.879. The molecule has 0 aliphatic heterocycles. The fraction of sp³-hybridized carbons (Fsp3) is 0.600. The molecule has 21 heavy (non-hydrogen) atoms. The molecule has 118 valence electrons. The summed E-state index contributed by atoms with van der Waals surface area (Å²) in [5, 5.41) is 0. The van der Waals surface area contributed by atoms with Crippen LogP contribution in [0, 0.1) is 6.92 Å². The van der Waals surface area contributed by atoms with Crippen LogP contribution in [0.2, 0.25) is 0 Å². The highest BCUT2D eigenvalue weighted by atomic mass is 79.9. The van der Waals surface area contributed by atoms with Crippen LogP contribution in [-0.4, -0.2) is 25.8 Å². The molecule has 0 spiro atoms. The van der Waals surface area contributed by atoms with Crippen molar-refractivity contribution in [2.75, 3.05) is 7.05 Å². The maximum atomic E-state index is 12.9. The number of hydrogen-bond donors (Lipinski definition) is 1. The molecule has 1 aromatic rings. The molecule has 1 aliphatic rings. The van der Waals surface area contributed by atoms with Gasteiger partial charge in [0.25, 0.3) is 0 Å². The lowest BCUT2D eigenvalue weighted by atomic mass is 9.96. The highest BCUT2D eigenvalue weighted by Crippen LogP contribution is 2.31. The van der Waals surface area contributed by atoms with Crippen molar-refractivity contribution in [1.82, 2.24) is 4.31 Å². The van der Waals surface area contributed by atoms with E-state index in [0.29, 0.717) is 11.4 Å². The normalized spacial score (nSPS) is 17.4. The minimum atomic E-state index is -3.48. The van der Waals surface area contributed by atoms with Gasteiger partial charge in [-0.25, -0.2) is 8.42 Å². The lowest BCUT2D eigenvalue weighted by molar-refractivity contribution is 0.285. The van der Waals surface area contributed by atoms with Gasteiger partial charge in [0, 0.05) is 24.1 Å². The minimum Gasteiger partial charge on any atom is -0.326 e. The average molecular weight is 375 g/mol. The smallest absolute Gasteiger partial charge is 0.243 e. The van der Waals surface area contributed by atoms with Crippen LogP contribution in [0.1, 0.15) is 43.2 Å². The molecule has 0 radical (unpaired) electrons. The van der Waals surface area contributed by atoms with Gasteiger partial charge in [-0.05, 0) is 43.0 Å². The minimum absolute atomic E-state index is 0.114. The van der Waals surface area contributed by atoms with Crippen molar-refractivity contribution in [2.24, 2.45) is 5.73 Å². The number of nitrogens with two attached hydrogens (primary N) is 1. The third-order valence-corrected chi connectivity index (χ3v) is 7.20. The van der Waals surface area contributed by atoms with Crippen molar-refractivity contribution in [3.05, 3.63) is 27.7 Å². The first-order valence-electron chi connectivity index (χ1n) is 7.35. The summed E-state index contributed by atoms with van der Waals surface area (Å²) in [6.45, 7) is 2.15. The zero-order valence-corrected chi connectivity index (χ0v) is 15.0. The van der Waals surface area contributed by atoms with E-state index >= 15 is 0 Å². The van der Waals surface area contributed by atoms with Gasteiger partial charge in [0.15, 0.2) is 0 Å². The van der Waals surface area contributed by atoms with Crippen molar-refractivity contribution in [1.29, 1.82) is 0 Å². The zero-order chi connectivity index (χ0) is 15.6. The van der Waals surface area contributed by atoms with Crippen molar-refractivity contribution in [3.63, 3.8) is 0 Å². The Hall–Kier alpha value is -0.430.